The van der Waals surface area contributed by atoms with E-state index in [1.165, 1.54) is 12.0 Å². The molecule has 214 valence electrons. The Hall–Kier alpha value is -3.80. The molecule has 2 aromatic carbocycles. The van der Waals surface area contributed by atoms with Gasteiger partial charge in [0.25, 0.3) is 0 Å². The minimum atomic E-state index is -3.21. The van der Waals surface area contributed by atoms with Crippen LogP contribution in [0, 0.1) is 11.7 Å². The molecule has 3 aromatic rings. The molecule has 0 radical (unpaired) electrons. The van der Waals surface area contributed by atoms with Crippen LogP contribution in [-0.2, 0) is 16.0 Å². The maximum absolute atomic E-state index is 14.3. The van der Waals surface area contributed by atoms with Gasteiger partial charge in [0.1, 0.15) is 23.5 Å². The number of hydrogen-bond acceptors (Lipinski definition) is 6. The number of amides is 1. The van der Waals surface area contributed by atoms with Crippen molar-refractivity contribution in [3.63, 3.8) is 0 Å². The number of alkyl halides is 2. The molecule has 5 rings (SSSR count). The maximum atomic E-state index is 14.3. The van der Waals surface area contributed by atoms with Gasteiger partial charge >= 0.3 is 18.7 Å². The minimum absolute atomic E-state index is 0.0485. The Kier molecular flexibility index (Phi) is 7.63. The van der Waals surface area contributed by atoms with Gasteiger partial charge < -0.3 is 24.3 Å². The predicted octanol–water partition coefficient (Wildman–Crippen LogP) is 5.58. The molecular formula is C28H30F3N3O6. The number of imidazole rings is 1. The molecule has 2 N–H and O–H groups in total. The predicted molar refractivity (Wildman–Crippen MR) is 138 cm³/mol. The van der Waals surface area contributed by atoms with Crippen LogP contribution in [0.5, 0.6) is 5.75 Å². The van der Waals surface area contributed by atoms with Gasteiger partial charge in [-0.05, 0) is 69.4 Å². The molecule has 4 atom stereocenters. The second kappa shape index (κ2) is 11.0. The quantitative estimate of drug-likeness (QED) is 0.404. The Bertz CT molecular complexity index is 1440. The summed E-state index contributed by atoms with van der Waals surface area (Å²) in [5, 5.41) is 21.3. The van der Waals surface area contributed by atoms with Crippen LogP contribution in [0.3, 0.4) is 0 Å². The number of carbonyl (C=O) groups excluding carboxylic acids is 1. The molecule has 40 heavy (non-hydrogen) atoms. The largest absolute Gasteiger partial charge is 0.481 e. The molecule has 12 heteroatoms. The third kappa shape index (κ3) is 4.96. The van der Waals surface area contributed by atoms with Crippen molar-refractivity contribution in [1.82, 2.24) is 9.55 Å². The molecule has 0 bridgehead atoms. The van der Waals surface area contributed by atoms with Crippen molar-refractivity contribution in [3.05, 3.63) is 53.1 Å². The number of aliphatic carboxylic acids is 1. The van der Waals surface area contributed by atoms with Crippen molar-refractivity contribution in [2.75, 3.05) is 12.0 Å². The standard InChI is InChI=1S/C28H30F3N3O6/c1-14-6-8-18-20(33(14)28(38)39-2)9-10-21-23(18)32-25(34(21)17-5-3-4-15(12-17)26(36)37)24(35)19-13-16(29)7-11-22(19)40-27(30)31/h7,9-11,13-15,17,24,27,35H,3-6,8,12H2,1-2H3,(H,36,37)/t14-,15?,17?,24?/m0/s1. The smallest absolute Gasteiger partial charge is 0.414 e. The van der Waals surface area contributed by atoms with E-state index in [1.807, 2.05) is 6.92 Å². The van der Waals surface area contributed by atoms with Gasteiger partial charge in [0.2, 0.25) is 0 Å². The van der Waals surface area contributed by atoms with Gasteiger partial charge in [-0.2, -0.15) is 8.78 Å². The van der Waals surface area contributed by atoms with Gasteiger partial charge in [-0.1, -0.05) is 6.42 Å². The number of halogens is 3. The first-order valence-corrected chi connectivity index (χ1v) is 13.2. The molecule has 1 aliphatic heterocycles. The van der Waals surface area contributed by atoms with Crippen molar-refractivity contribution in [2.24, 2.45) is 5.92 Å². The Morgan fingerprint density at radius 1 is 1.15 bits per heavy atom. The Labute approximate surface area is 228 Å². The Balaban J connectivity index is 1.71. The summed E-state index contributed by atoms with van der Waals surface area (Å²) in [5.41, 5.74) is 2.18. The summed E-state index contributed by atoms with van der Waals surface area (Å²) in [6.45, 7) is -1.30. The number of carboxylic acids is 1. The number of benzene rings is 2. The summed E-state index contributed by atoms with van der Waals surface area (Å²) < 4.78 is 51.9. The number of hydrogen-bond donors (Lipinski definition) is 2. The van der Waals surface area contributed by atoms with E-state index in [0.29, 0.717) is 48.8 Å². The number of fused-ring (bicyclic) bond motifs is 3. The fraction of sp³-hybridized carbons (Fsp3) is 0.464. The van der Waals surface area contributed by atoms with Crippen LogP contribution >= 0.6 is 0 Å². The Morgan fingerprint density at radius 3 is 2.62 bits per heavy atom. The highest BCUT2D eigenvalue weighted by Gasteiger charge is 2.36. The first-order chi connectivity index (χ1) is 19.1. The van der Waals surface area contributed by atoms with Crippen LogP contribution in [0.1, 0.15) is 68.1 Å². The zero-order chi connectivity index (χ0) is 28.7. The van der Waals surface area contributed by atoms with Crippen LogP contribution in [-0.4, -0.2) is 51.6 Å². The number of ether oxygens (including phenoxy) is 2. The second-order valence-corrected chi connectivity index (χ2v) is 10.3. The lowest BCUT2D eigenvalue weighted by Gasteiger charge is -2.34. The summed E-state index contributed by atoms with van der Waals surface area (Å²) in [6, 6.07) is 5.89. The minimum Gasteiger partial charge on any atom is -0.481 e. The third-order valence-electron chi connectivity index (χ3n) is 7.94. The summed E-state index contributed by atoms with van der Waals surface area (Å²) in [6.07, 6.45) is 0.980. The first-order valence-electron chi connectivity index (χ1n) is 13.2. The van der Waals surface area contributed by atoms with Crippen molar-refractivity contribution in [1.29, 1.82) is 0 Å². The van der Waals surface area contributed by atoms with Crippen LogP contribution in [0.2, 0.25) is 0 Å². The summed E-state index contributed by atoms with van der Waals surface area (Å²) >= 11 is 0. The molecule has 1 aliphatic carbocycles. The number of aryl methyl sites for hydroxylation is 1. The number of methoxy groups -OCH3 is 1. The fourth-order valence-corrected chi connectivity index (χ4v) is 6.07. The molecule has 0 saturated heterocycles. The SMILES string of the molecule is COC(=O)N1c2ccc3c(nc(C(O)c4cc(F)ccc4OC(F)F)n3C3CCCC(C(=O)O)C3)c2CC[C@@H]1C. The van der Waals surface area contributed by atoms with E-state index in [2.05, 4.69) is 4.74 Å². The van der Waals surface area contributed by atoms with Crippen molar-refractivity contribution in [2.45, 2.75) is 70.2 Å². The number of carboxylic acid groups (broad SMARTS) is 1. The molecular weight excluding hydrogens is 531 g/mol. The number of aromatic nitrogens is 2. The summed E-state index contributed by atoms with van der Waals surface area (Å²) in [4.78, 5) is 30.8. The lowest BCUT2D eigenvalue weighted by molar-refractivity contribution is -0.143. The topological polar surface area (TPSA) is 114 Å². The molecule has 1 saturated carbocycles. The second-order valence-electron chi connectivity index (χ2n) is 10.3. The van der Waals surface area contributed by atoms with Gasteiger partial charge in [0.15, 0.2) is 0 Å². The van der Waals surface area contributed by atoms with Crippen molar-refractivity contribution < 1.29 is 42.4 Å². The van der Waals surface area contributed by atoms with E-state index >= 15 is 0 Å². The highest BCUT2D eigenvalue weighted by atomic mass is 19.3. The number of rotatable bonds is 6. The van der Waals surface area contributed by atoms with Gasteiger partial charge in [0, 0.05) is 23.2 Å². The summed E-state index contributed by atoms with van der Waals surface area (Å²) in [7, 11) is 1.30. The van der Waals surface area contributed by atoms with E-state index < -0.39 is 42.3 Å². The monoisotopic (exact) mass is 561 g/mol. The summed E-state index contributed by atoms with van der Waals surface area (Å²) in [5.74, 6) is -2.65. The van der Waals surface area contributed by atoms with Gasteiger partial charge in [-0.3, -0.25) is 9.69 Å². The zero-order valence-corrected chi connectivity index (χ0v) is 22.0. The first kappa shape index (κ1) is 27.8. The zero-order valence-electron chi connectivity index (χ0n) is 22.0. The molecule has 2 aliphatic rings. The van der Waals surface area contributed by atoms with Crippen LogP contribution in [0.4, 0.5) is 23.7 Å². The highest BCUT2D eigenvalue weighted by molar-refractivity contribution is 5.95. The number of nitrogens with zero attached hydrogens (tertiary/aromatic N) is 3. The molecule has 2 heterocycles. The molecule has 9 nitrogen and oxygen atoms in total. The lowest BCUT2D eigenvalue weighted by Crippen LogP contribution is -2.42. The molecule has 3 unspecified atom stereocenters. The molecule has 1 fully saturated rings. The van der Waals surface area contributed by atoms with Gasteiger partial charge in [0.05, 0.1) is 29.7 Å². The van der Waals surface area contributed by atoms with Crippen molar-refractivity contribution in [3.8, 4) is 5.75 Å². The Morgan fingerprint density at radius 2 is 1.93 bits per heavy atom. The maximum Gasteiger partial charge on any atom is 0.414 e. The third-order valence-corrected chi connectivity index (χ3v) is 7.94. The molecule has 1 aromatic heterocycles. The van der Waals surface area contributed by atoms with E-state index in [9.17, 15) is 33.0 Å². The highest BCUT2D eigenvalue weighted by Crippen LogP contribution is 2.43. The van der Waals surface area contributed by atoms with Crippen LogP contribution in [0.15, 0.2) is 30.3 Å². The van der Waals surface area contributed by atoms with E-state index in [1.54, 1.807) is 16.7 Å². The number of aliphatic hydroxyl groups is 1. The lowest BCUT2D eigenvalue weighted by atomic mass is 9.85. The normalized spacial score (nSPS) is 21.8. The van der Waals surface area contributed by atoms with Gasteiger partial charge in [-0.15, -0.1) is 0 Å². The number of aliphatic hydroxyl groups excluding tert-OH is 1. The molecule has 0 spiro atoms. The average Bonchev–Trinajstić information content (AvgIpc) is 3.33. The van der Waals surface area contributed by atoms with E-state index in [-0.39, 0.29) is 29.9 Å². The van der Waals surface area contributed by atoms with E-state index in [4.69, 9.17) is 9.72 Å². The number of anilines is 1. The average molecular weight is 562 g/mol. The fourth-order valence-electron chi connectivity index (χ4n) is 6.07. The number of carbonyl (C=O) groups is 2. The van der Waals surface area contributed by atoms with Crippen LogP contribution in [0.25, 0.3) is 11.0 Å². The van der Waals surface area contributed by atoms with E-state index in [0.717, 1.165) is 23.8 Å². The van der Waals surface area contributed by atoms with Crippen LogP contribution < -0.4 is 9.64 Å². The van der Waals surface area contributed by atoms with Gasteiger partial charge in [-0.25, -0.2) is 14.2 Å². The van der Waals surface area contributed by atoms with Crippen molar-refractivity contribution >= 4 is 28.8 Å². The molecule has 1 amide bonds.